The van der Waals surface area contributed by atoms with Crippen molar-refractivity contribution in [2.45, 2.75) is 25.7 Å². The van der Waals surface area contributed by atoms with Gasteiger partial charge in [0.1, 0.15) is 0 Å². The first-order valence-electron chi connectivity index (χ1n) is 6.75. The molecule has 2 aromatic rings. The molecule has 0 bridgehead atoms. The van der Waals surface area contributed by atoms with E-state index in [1.807, 2.05) is 26.8 Å². The minimum atomic E-state index is -3.26. The molecule has 0 fully saturated rings. The molecular weight excluding hydrogens is 300 g/mol. The monoisotopic (exact) mass is 318 g/mol. The van der Waals surface area contributed by atoms with E-state index in [-0.39, 0.29) is 10.8 Å². The lowest BCUT2D eigenvalue weighted by molar-refractivity contribution is 0.102. The first-order valence-corrected chi connectivity index (χ1v) is 8.64. The maximum absolute atomic E-state index is 12.3. The van der Waals surface area contributed by atoms with E-state index in [1.54, 1.807) is 0 Å². The van der Waals surface area contributed by atoms with Crippen molar-refractivity contribution in [2.75, 3.05) is 11.6 Å². The smallest absolute Gasteiger partial charge is 0.255 e. The Kier molecular flexibility index (Phi) is 4.32. The number of aryl methyl sites for hydroxylation is 3. The van der Waals surface area contributed by atoms with Crippen LogP contribution >= 0.6 is 0 Å². The summed E-state index contributed by atoms with van der Waals surface area (Å²) in [6.07, 6.45) is 1.13. The van der Waals surface area contributed by atoms with Crippen molar-refractivity contribution in [3.8, 4) is 0 Å². The van der Waals surface area contributed by atoms with Gasteiger partial charge in [-0.2, -0.15) is 0 Å². The average Bonchev–Trinajstić information content (AvgIpc) is 2.41. The molecule has 6 heteroatoms. The Bertz CT molecular complexity index is 802. The molecule has 0 saturated carbocycles. The van der Waals surface area contributed by atoms with Crippen LogP contribution in [0.15, 0.2) is 35.2 Å². The Morgan fingerprint density at radius 1 is 1.09 bits per heavy atom. The summed E-state index contributed by atoms with van der Waals surface area (Å²) in [7, 11) is -3.26. The highest BCUT2D eigenvalue weighted by Gasteiger charge is 2.13. The molecule has 0 aliphatic carbocycles. The second-order valence-electron chi connectivity index (χ2n) is 5.29. The number of nitrogens with one attached hydrogen (secondary N) is 1. The predicted octanol–water partition coefficient (Wildman–Crippen LogP) is 2.66. The van der Waals surface area contributed by atoms with Crippen LogP contribution < -0.4 is 5.32 Å². The number of amides is 1. The Morgan fingerprint density at radius 3 is 2.18 bits per heavy atom. The highest BCUT2D eigenvalue weighted by atomic mass is 32.2. The summed E-state index contributed by atoms with van der Waals surface area (Å²) in [6, 6.07) is 7.75. The van der Waals surface area contributed by atoms with Gasteiger partial charge in [-0.3, -0.25) is 9.78 Å². The summed E-state index contributed by atoms with van der Waals surface area (Å²) < 4.78 is 22.8. The lowest BCUT2D eigenvalue weighted by Crippen LogP contribution is -2.14. The molecule has 1 amide bonds. The molecule has 1 aromatic heterocycles. The SMILES string of the molecule is Cc1cc(C)c(NC(=O)c2ccc(S(C)(=O)=O)cc2)c(C)n1. The van der Waals surface area contributed by atoms with E-state index in [9.17, 15) is 13.2 Å². The molecule has 2 rings (SSSR count). The molecule has 1 aromatic carbocycles. The molecule has 0 unspecified atom stereocenters. The van der Waals surface area contributed by atoms with Crippen LogP contribution in [0.4, 0.5) is 5.69 Å². The van der Waals surface area contributed by atoms with Crippen LogP contribution in [0.5, 0.6) is 0 Å². The maximum atomic E-state index is 12.3. The van der Waals surface area contributed by atoms with Crippen LogP contribution in [-0.4, -0.2) is 25.6 Å². The third-order valence-electron chi connectivity index (χ3n) is 3.31. The highest BCUT2D eigenvalue weighted by molar-refractivity contribution is 7.90. The summed E-state index contributed by atoms with van der Waals surface area (Å²) in [5.41, 5.74) is 3.66. The van der Waals surface area contributed by atoms with E-state index in [1.165, 1.54) is 24.3 Å². The van der Waals surface area contributed by atoms with Crippen molar-refractivity contribution < 1.29 is 13.2 Å². The number of carbonyl (C=O) groups is 1. The maximum Gasteiger partial charge on any atom is 0.255 e. The molecule has 0 radical (unpaired) electrons. The molecule has 0 atom stereocenters. The number of hydrogen-bond donors (Lipinski definition) is 1. The number of anilines is 1. The molecule has 5 nitrogen and oxygen atoms in total. The summed E-state index contributed by atoms with van der Waals surface area (Å²) in [4.78, 5) is 16.8. The Balaban J connectivity index is 2.27. The summed E-state index contributed by atoms with van der Waals surface area (Å²) in [5, 5.41) is 2.83. The minimum Gasteiger partial charge on any atom is -0.320 e. The Labute approximate surface area is 130 Å². The van der Waals surface area contributed by atoms with E-state index in [0.29, 0.717) is 11.3 Å². The van der Waals surface area contributed by atoms with E-state index in [4.69, 9.17) is 0 Å². The molecule has 0 aliphatic heterocycles. The van der Waals surface area contributed by atoms with Gasteiger partial charge >= 0.3 is 0 Å². The van der Waals surface area contributed by atoms with Gasteiger partial charge in [-0.1, -0.05) is 0 Å². The van der Waals surface area contributed by atoms with Gasteiger partial charge in [-0.15, -0.1) is 0 Å². The fourth-order valence-corrected chi connectivity index (χ4v) is 2.88. The standard InChI is InChI=1S/C16H18N2O3S/c1-10-9-11(2)17-12(3)15(10)18-16(19)13-5-7-14(8-6-13)22(4,20)21/h5-9H,1-4H3,(H,18,19). The quantitative estimate of drug-likeness (QED) is 0.944. The molecular formula is C16H18N2O3S. The van der Waals surface area contributed by atoms with Crippen LogP contribution in [0.1, 0.15) is 27.3 Å². The molecule has 0 aliphatic rings. The lowest BCUT2D eigenvalue weighted by atomic mass is 10.1. The van der Waals surface area contributed by atoms with E-state index in [0.717, 1.165) is 23.2 Å². The van der Waals surface area contributed by atoms with Crippen LogP contribution in [0, 0.1) is 20.8 Å². The Morgan fingerprint density at radius 2 is 1.68 bits per heavy atom. The summed E-state index contributed by atoms with van der Waals surface area (Å²) in [6.45, 7) is 5.64. The number of rotatable bonds is 3. The van der Waals surface area contributed by atoms with Gasteiger partial charge in [-0.05, 0) is 56.7 Å². The number of aromatic nitrogens is 1. The number of pyridine rings is 1. The minimum absolute atomic E-state index is 0.188. The molecule has 1 heterocycles. The fraction of sp³-hybridized carbons (Fsp3) is 0.250. The van der Waals surface area contributed by atoms with Gasteiger partial charge in [0.25, 0.3) is 5.91 Å². The van der Waals surface area contributed by atoms with Crippen molar-refractivity contribution in [2.24, 2.45) is 0 Å². The fourth-order valence-electron chi connectivity index (χ4n) is 2.25. The lowest BCUT2D eigenvalue weighted by Gasteiger charge is -2.12. The molecule has 116 valence electrons. The number of nitrogens with zero attached hydrogens (tertiary/aromatic N) is 1. The molecule has 22 heavy (non-hydrogen) atoms. The highest BCUT2D eigenvalue weighted by Crippen LogP contribution is 2.20. The van der Waals surface area contributed by atoms with Gasteiger partial charge in [0, 0.05) is 17.5 Å². The third kappa shape index (κ3) is 3.51. The topological polar surface area (TPSA) is 76.1 Å². The van der Waals surface area contributed by atoms with E-state index < -0.39 is 9.84 Å². The Hall–Kier alpha value is -2.21. The number of benzene rings is 1. The largest absolute Gasteiger partial charge is 0.320 e. The molecule has 0 spiro atoms. The second kappa shape index (κ2) is 5.88. The predicted molar refractivity (Wildman–Crippen MR) is 86.0 cm³/mol. The zero-order valence-electron chi connectivity index (χ0n) is 13.0. The van der Waals surface area contributed by atoms with Crippen LogP contribution in [0.3, 0.4) is 0 Å². The van der Waals surface area contributed by atoms with Crippen molar-refractivity contribution in [1.29, 1.82) is 0 Å². The normalized spacial score (nSPS) is 11.3. The van der Waals surface area contributed by atoms with Crippen LogP contribution in [-0.2, 0) is 9.84 Å². The number of carbonyl (C=O) groups excluding carboxylic acids is 1. The van der Waals surface area contributed by atoms with Gasteiger partial charge in [-0.25, -0.2) is 8.42 Å². The summed E-state index contributed by atoms with van der Waals surface area (Å²) >= 11 is 0. The van der Waals surface area contributed by atoms with Crippen molar-refractivity contribution >= 4 is 21.4 Å². The summed E-state index contributed by atoms with van der Waals surface area (Å²) in [5.74, 6) is -0.295. The van der Waals surface area contributed by atoms with Crippen molar-refractivity contribution in [1.82, 2.24) is 4.98 Å². The van der Waals surface area contributed by atoms with Gasteiger partial charge in [0.15, 0.2) is 9.84 Å². The van der Waals surface area contributed by atoms with Gasteiger partial charge in [0.2, 0.25) is 0 Å². The van der Waals surface area contributed by atoms with Crippen molar-refractivity contribution in [3.05, 3.63) is 52.8 Å². The zero-order valence-corrected chi connectivity index (χ0v) is 13.8. The molecule has 0 saturated heterocycles. The van der Waals surface area contributed by atoms with Crippen molar-refractivity contribution in [3.63, 3.8) is 0 Å². The first kappa shape index (κ1) is 16.2. The number of sulfone groups is 1. The van der Waals surface area contributed by atoms with Crippen LogP contribution in [0.25, 0.3) is 0 Å². The third-order valence-corrected chi connectivity index (χ3v) is 4.44. The van der Waals surface area contributed by atoms with E-state index in [2.05, 4.69) is 10.3 Å². The van der Waals surface area contributed by atoms with E-state index >= 15 is 0 Å². The first-order chi connectivity index (χ1) is 10.2. The number of hydrogen-bond acceptors (Lipinski definition) is 4. The van der Waals surface area contributed by atoms with Gasteiger partial charge < -0.3 is 5.32 Å². The zero-order chi connectivity index (χ0) is 16.5. The second-order valence-corrected chi connectivity index (χ2v) is 7.31. The van der Waals surface area contributed by atoms with Gasteiger partial charge in [0.05, 0.1) is 16.3 Å². The van der Waals surface area contributed by atoms with Crippen LogP contribution in [0.2, 0.25) is 0 Å². The molecule has 1 N–H and O–H groups in total. The average molecular weight is 318 g/mol.